The normalized spacial score (nSPS) is 43.1. The van der Waals surface area contributed by atoms with E-state index in [4.69, 9.17) is 9.47 Å². The summed E-state index contributed by atoms with van der Waals surface area (Å²) < 4.78 is 11.3. The van der Waals surface area contributed by atoms with Crippen molar-refractivity contribution in [1.82, 2.24) is 0 Å². The van der Waals surface area contributed by atoms with Gasteiger partial charge in [-0.15, -0.1) is 0 Å². The van der Waals surface area contributed by atoms with Crippen molar-refractivity contribution in [2.75, 3.05) is 13.7 Å². The molecule has 3 heteroatoms. The molecule has 3 rings (SSSR count). The van der Waals surface area contributed by atoms with E-state index < -0.39 is 0 Å². The molecule has 5 atom stereocenters. The number of fused-ring (bicyclic) bond motifs is 5. The van der Waals surface area contributed by atoms with Gasteiger partial charge < -0.3 is 9.47 Å². The van der Waals surface area contributed by atoms with Crippen molar-refractivity contribution >= 4 is 5.97 Å². The van der Waals surface area contributed by atoms with Crippen molar-refractivity contribution in [2.24, 2.45) is 40.9 Å². The molecule has 1 saturated heterocycles. The second kappa shape index (κ2) is 4.21. The number of carbonyl (C=O) groups excluding carboxylic acids is 1. The highest BCUT2D eigenvalue weighted by Gasteiger charge is 2.71. The van der Waals surface area contributed by atoms with Gasteiger partial charge in [-0.1, -0.05) is 27.7 Å². The lowest BCUT2D eigenvalue weighted by molar-refractivity contribution is -0.151. The zero-order chi connectivity index (χ0) is 13.9. The molecule has 0 aromatic heterocycles. The first-order valence-corrected chi connectivity index (χ1v) is 7.65. The fraction of sp³-hybridized carbons (Fsp3) is 0.938. The molecule has 3 aliphatic rings. The summed E-state index contributed by atoms with van der Waals surface area (Å²) in [6.07, 6.45) is 1.36. The van der Waals surface area contributed by atoms with Gasteiger partial charge in [0.05, 0.1) is 18.6 Å². The van der Waals surface area contributed by atoms with E-state index in [1.807, 2.05) is 7.11 Å². The first-order chi connectivity index (χ1) is 8.96. The topological polar surface area (TPSA) is 35.5 Å². The second-order valence-electron chi connectivity index (χ2n) is 7.29. The molecule has 0 amide bonds. The van der Waals surface area contributed by atoms with Crippen LogP contribution in [0.15, 0.2) is 0 Å². The van der Waals surface area contributed by atoms with Crippen LogP contribution >= 0.6 is 0 Å². The van der Waals surface area contributed by atoms with Gasteiger partial charge in [0.15, 0.2) is 0 Å². The monoisotopic (exact) mass is 266 g/mol. The largest absolute Gasteiger partial charge is 0.465 e. The molecule has 3 nitrogen and oxygen atoms in total. The molecular formula is C16H26O3. The standard InChI is InChI=1S/C16H26O3/c1-8(2)16(9(3)4)12-6-10(14(16)18-5)13-11(12)7-19-15(13)17/h8-14H,6-7H2,1-5H3. The highest BCUT2D eigenvalue weighted by Crippen LogP contribution is 2.68. The van der Waals surface area contributed by atoms with Crippen LogP contribution in [-0.4, -0.2) is 25.8 Å². The minimum Gasteiger partial charge on any atom is -0.465 e. The lowest BCUT2D eigenvalue weighted by Crippen LogP contribution is -2.54. The minimum absolute atomic E-state index is 0.0284. The summed E-state index contributed by atoms with van der Waals surface area (Å²) in [5, 5.41) is 0. The number of carbonyl (C=O) groups is 1. The summed E-state index contributed by atoms with van der Waals surface area (Å²) >= 11 is 0. The molecule has 5 unspecified atom stereocenters. The maximum absolute atomic E-state index is 12.0. The van der Waals surface area contributed by atoms with Crippen LogP contribution in [0.2, 0.25) is 0 Å². The van der Waals surface area contributed by atoms with E-state index in [1.165, 1.54) is 0 Å². The molecule has 19 heavy (non-hydrogen) atoms. The quantitative estimate of drug-likeness (QED) is 0.737. The van der Waals surface area contributed by atoms with E-state index in [1.54, 1.807) is 0 Å². The van der Waals surface area contributed by atoms with Crippen LogP contribution in [0.5, 0.6) is 0 Å². The maximum atomic E-state index is 12.0. The number of esters is 1. The molecule has 0 radical (unpaired) electrons. The second-order valence-corrected chi connectivity index (χ2v) is 7.29. The number of rotatable bonds is 3. The van der Waals surface area contributed by atoms with E-state index in [0.29, 0.717) is 36.2 Å². The third-order valence-corrected chi connectivity index (χ3v) is 6.43. The molecule has 3 fully saturated rings. The summed E-state index contributed by atoms with van der Waals surface area (Å²) in [7, 11) is 1.82. The smallest absolute Gasteiger partial charge is 0.309 e. The number of hydrogen-bond acceptors (Lipinski definition) is 3. The van der Waals surface area contributed by atoms with Gasteiger partial charge in [-0.25, -0.2) is 0 Å². The van der Waals surface area contributed by atoms with Gasteiger partial charge in [-0.3, -0.25) is 4.79 Å². The van der Waals surface area contributed by atoms with Crippen molar-refractivity contribution in [3.05, 3.63) is 0 Å². The van der Waals surface area contributed by atoms with Gasteiger partial charge in [0.2, 0.25) is 0 Å². The first-order valence-electron chi connectivity index (χ1n) is 7.65. The number of methoxy groups -OCH3 is 1. The van der Waals surface area contributed by atoms with Crippen molar-refractivity contribution in [3.63, 3.8) is 0 Å². The Morgan fingerprint density at radius 1 is 1.21 bits per heavy atom. The molecule has 1 heterocycles. The molecule has 0 aromatic carbocycles. The van der Waals surface area contributed by atoms with Crippen molar-refractivity contribution in [1.29, 1.82) is 0 Å². The predicted octanol–water partition coefficient (Wildman–Crippen LogP) is 2.74. The highest BCUT2D eigenvalue weighted by molar-refractivity contribution is 5.76. The van der Waals surface area contributed by atoms with Crippen LogP contribution < -0.4 is 0 Å². The van der Waals surface area contributed by atoms with Gasteiger partial charge in [0.1, 0.15) is 0 Å². The van der Waals surface area contributed by atoms with E-state index >= 15 is 0 Å². The summed E-state index contributed by atoms with van der Waals surface area (Å²) in [5.74, 6) is 2.68. The van der Waals surface area contributed by atoms with Crippen LogP contribution in [0.4, 0.5) is 0 Å². The third-order valence-electron chi connectivity index (χ3n) is 6.43. The lowest BCUT2D eigenvalue weighted by Gasteiger charge is -2.52. The molecule has 108 valence electrons. The van der Waals surface area contributed by atoms with Crippen LogP contribution in [-0.2, 0) is 14.3 Å². The predicted molar refractivity (Wildman–Crippen MR) is 72.4 cm³/mol. The molecular weight excluding hydrogens is 240 g/mol. The average Bonchev–Trinajstić information content (AvgIpc) is 2.97. The van der Waals surface area contributed by atoms with E-state index in [0.717, 1.165) is 6.42 Å². The van der Waals surface area contributed by atoms with E-state index in [-0.39, 0.29) is 23.4 Å². The molecule has 2 aliphatic carbocycles. The number of ether oxygens (including phenoxy) is 2. The number of cyclic esters (lactones) is 1. The van der Waals surface area contributed by atoms with E-state index in [9.17, 15) is 4.79 Å². The van der Waals surface area contributed by atoms with Gasteiger partial charge in [0, 0.05) is 18.4 Å². The van der Waals surface area contributed by atoms with Crippen LogP contribution in [0.3, 0.4) is 0 Å². The Hall–Kier alpha value is -0.570. The van der Waals surface area contributed by atoms with Gasteiger partial charge in [0.25, 0.3) is 0 Å². The van der Waals surface area contributed by atoms with Crippen LogP contribution in [0.1, 0.15) is 34.1 Å². The Morgan fingerprint density at radius 2 is 1.84 bits per heavy atom. The van der Waals surface area contributed by atoms with Crippen LogP contribution in [0.25, 0.3) is 0 Å². The minimum atomic E-state index is 0.0284. The highest BCUT2D eigenvalue weighted by atomic mass is 16.5. The summed E-state index contributed by atoms with van der Waals surface area (Å²) in [6.45, 7) is 9.92. The Labute approximate surface area is 116 Å². The molecule has 2 bridgehead atoms. The maximum Gasteiger partial charge on any atom is 0.309 e. The van der Waals surface area contributed by atoms with Gasteiger partial charge in [-0.2, -0.15) is 0 Å². The fourth-order valence-corrected chi connectivity index (χ4v) is 6.05. The van der Waals surface area contributed by atoms with Crippen molar-refractivity contribution in [2.45, 2.75) is 40.2 Å². The third kappa shape index (κ3) is 1.40. The molecule has 1 aliphatic heterocycles. The molecule has 0 spiro atoms. The Kier molecular flexibility index (Phi) is 2.97. The fourth-order valence-electron chi connectivity index (χ4n) is 6.05. The zero-order valence-corrected chi connectivity index (χ0v) is 12.7. The van der Waals surface area contributed by atoms with Gasteiger partial charge >= 0.3 is 5.97 Å². The van der Waals surface area contributed by atoms with Crippen molar-refractivity contribution < 1.29 is 14.3 Å². The SMILES string of the molecule is COC1C2CC(C3COC(=O)C32)C1(C(C)C)C(C)C. The van der Waals surface area contributed by atoms with Crippen molar-refractivity contribution in [3.8, 4) is 0 Å². The Morgan fingerprint density at radius 3 is 2.37 bits per heavy atom. The summed E-state index contributed by atoms with van der Waals surface area (Å²) in [4.78, 5) is 12.0. The van der Waals surface area contributed by atoms with Crippen LogP contribution in [0, 0.1) is 40.9 Å². The Balaban J connectivity index is 2.05. The van der Waals surface area contributed by atoms with E-state index in [2.05, 4.69) is 27.7 Å². The number of hydrogen-bond donors (Lipinski definition) is 0. The molecule has 0 N–H and O–H groups in total. The molecule has 2 saturated carbocycles. The first kappa shape index (κ1) is 13.4. The van der Waals surface area contributed by atoms with Gasteiger partial charge in [-0.05, 0) is 30.1 Å². The molecule has 0 aromatic rings. The lowest BCUT2D eigenvalue weighted by atomic mass is 9.54. The Bertz CT molecular complexity index is 379. The summed E-state index contributed by atoms with van der Waals surface area (Å²) in [6, 6.07) is 0. The summed E-state index contributed by atoms with van der Waals surface area (Å²) in [5.41, 5.74) is 0.203. The average molecular weight is 266 g/mol. The zero-order valence-electron chi connectivity index (χ0n) is 12.7.